The Bertz CT molecular complexity index is 49.7. The van der Waals surface area contributed by atoms with Crippen LogP contribution in [0.4, 0.5) is 0 Å². The molecule has 0 atom stereocenters. The van der Waals surface area contributed by atoms with Gasteiger partial charge in [-0.15, -0.1) is 0 Å². The van der Waals surface area contributed by atoms with Crippen molar-refractivity contribution in [3.05, 3.63) is 0 Å². The van der Waals surface area contributed by atoms with E-state index in [0.717, 1.165) is 19.6 Å². The zero-order valence-corrected chi connectivity index (χ0v) is 6.84. The first kappa shape index (κ1) is 8.14. The van der Waals surface area contributed by atoms with E-state index >= 15 is 0 Å². The Morgan fingerprint density at radius 2 is 2.12 bits per heavy atom. The van der Waals surface area contributed by atoms with Crippen LogP contribution in [0.1, 0.15) is 6.42 Å². The lowest BCUT2D eigenvalue weighted by molar-refractivity contribution is 0.321. The minimum atomic E-state index is -0.758. The molecule has 0 spiro atoms. The molecule has 0 heterocycles. The van der Waals surface area contributed by atoms with E-state index < -0.39 is 9.04 Å². The third-order valence-electron chi connectivity index (χ3n) is 0.800. The first-order chi connectivity index (χ1) is 3.77. The number of nitrogens with two attached hydrogens (primary N) is 1. The van der Waals surface area contributed by atoms with Crippen molar-refractivity contribution in [2.24, 2.45) is 5.73 Å². The van der Waals surface area contributed by atoms with Gasteiger partial charge in [-0.05, 0) is 26.1 Å². The molecular formula is C5H15NOSi. The van der Waals surface area contributed by atoms with E-state index in [9.17, 15) is 0 Å². The lowest BCUT2D eigenvalue weighted by Gasteiger charge is -2.03. The monoisotopic (exact) mass is 133 g/mol. The molecule has 0 fully saturated rings. The van der Waals surface area contributed by atoms with E-state index in [1.54, 1.807) is 0 Å². The molecule has 0 aromatic carbocycles. The summed E-state index contributed by atoms with van der Waals surface area (Å²) in [7, 11) is -0.758. The second-order valence-electron chi connectivity index (χ2n) is 2.06. The Morgan fingerprint density at radius 3 is 2.50 bits per heavy atom. The highest BCUT2D eigenvalue weighted by Gasteiger charge is 1.91. The normalized spacial score (nSPS) is 10.5. The van der Waals surface area contributed by atoms with Crippen LogP contribution in [0.3, 0.4) is 0 Å². The maximum Gasteiger partial charge on any atom is 0.170 e. The number of hydrogen-bond acceptors (Lipinski definition) is 2. The second-order valence-corrected chi connectivity index (χ2v) is 4.49. The van der Waals surface area contributed by atoms with Crippen LogP contribution in [0, 0.1) is 0 Å². The summed E-state index contributed by atoms with van der Waals surface area (Å²) in [6.07, 6.45) is 1.01. The van der Waals surface area contributed by atoms with Gasteiger partial charge in [-0.1, -0.05) is 0 Å². The van der Waals surface area contributed by atoms with Gasteiger partial charge in [-0.2, -0.15) is 0 Å². The fourth-order valence-electron chi connectivity index (χ4n) is 0.402. The summed E-state index contributed by atoms with van der Waals surface area (Å²) in [6.45, 7) is 5.94. The maximum atomic E-state index is 5.34. The summed E-state index contributed by atoms with van der Waals surface area (Å²) < 4.78 is 5.34. The molecule has 0 saturated heterocycles. The smallest absolute Gasteiger partial charge is 0.170 e. The SMILES string of the molecule is C[SiH](C)OCCCN. The lowest BCUT2D eigenvalue weighted by Crippen LogP contribution is -2.11. The molecule has 0 amide bonds. The standard InChI is InChI=1S/C5H15NOSi/c1-8(2)7-5-3-4-6/h8H,3-6H2,1-2H3. The van der Waals surface area contributed by atoms with Gasteiger partial charge in [0.2, 0.25) is 0 Å². The van der Waals surface area contributed by atoms with Crippen LogP contribution < -0.4 is 5.73 Å². The molecule has 0 aliphatic heterocycles. The minimum absolute atomic E-state index is 0.751. The van der Waals surface area contributed by atoms with Crippen molar-refractivity contribution in [3.63, 3.8) is 0 Å². The van der Waals surface area contributed by atoms with Gasteiger partial charge >= 0.3 is 0 Å². The van der Waals surface area contributed by atoms with Gasteiger partial charge in [-0.25, -0.2) is 0 Å². The molecule has 0 aliphatic rings. The minimum Gasteiger partial charge on any atom is -0.421 e. The predicted molar refractivity (Wildman–Crippen MR) is 38.5 cm³/mol. The van der Waals surface area contributed by atoms with E-state index in [1.807, 2.05) is 0 Å². The third-order valence-corrected chi connectivity index (χ3v) is 1.70. The van der Waals surface area contributed by atoms with E-state index in [0.29, 0.717) is 0 Å². The van der Waals surface area contributed by atoms with Gasteiger partial charge in [0, 0.05) is 6.61 Å². The molecule has 0 radical (unpaired) electrons. The highest BCUT2D eigenvalue weighted by Crippen LogP contribution is 1.84. The van der Waals surface area contributed by atoms with Crippen molar-refractivity contribution in [2.75, 3.05) is 13.2 Å². The van der Waals surface area contributed by atoms with Gasteiger partial charge in [0.1, 0.15) is 0 Å². The van der Waals surface area contributed by atoms with Gasteiger partial charge in [0.25, 0.3) is 0 Å². The summed E-state index contributed by atoms with van der Waals surface area (Å²) in [5.74, 6) is 0. The van der Waals surface area contributed by atoms with Crippen molar-refractivity contribution >= 4 is 9.04 Å². The molecule has 2 nitrogen and oxygen atoms in total. The van der Waals surface area contributed by atoms with Gasteiger partial charge in [-0.3, -0.25) is 0 Å². The van der Waals surface area contributed by atoms with E-state index in [2.05, 4.69) is 13.1 Å². The van der Waals surface area contributed by atoms with Gasteiger partial charge in [0.05, 0.1) is 0 Å². The zero-order chi connectivity index (χ0) is 6.41. The van der Waals surface area contributed by atoms with Crippen LogP contribution in [0.15, 0.2) is 0 Å². The van der Waals surface area contributed by atoms with Crippen LogP contribution in [0.2, 0.25) is 13.1 Å². The van der Waals surface area contributed by atoms with Crippen LogP contribution in [-0.2, 0) is 4.43 Å². The molecule has 50 valence electrons. The van der Waals surface area contributed by atoms with Crippen molar-refractivity contribution in [1.29, 1.82) is 0 Å². The zero-order valence-electron chi connectivity index (χ0n) is 5.68. The van der Waals surface area contributed by atoms with Crippen LogP contribution >= 0.6 is 0 Å². The highest BCUT2D eigenvalue weighted by molar-refractivity contribution is 6.48. The van der Waals surface area contributed by atoms with E-state index in [4.69, 9.17) is 10.2 Å². The molecule has 0 aliphatic carbocycles. The lowest BCUT2D eigenvalue weighted by atomic mass is 10.5. The molecule has 0 rings (SSSR count). The average molecular weight is 133 g/mol. The van der Waals surface area contributed by atoms with Gasteiger partial charge < -0.3 is 10.2 Å². The second kappa shape index (κ2) is 5.28. The molecule has 0 aromatic rings. The fourth-order valence-corrected chi connectivity index (χ4v) is 1.04. The summed E-state index contributed by atoms with van der Waals surface area (Å²) in [5, 5.41) is 0. The van der Waals surface area contributed by atoms with E-state index in [-0.39, 0.29) is 0 Å². The summed E-state index contributed by atoms with van der Waals surface area (Å²) in [4.78, 5) is 0. The van der Waals surface area contributed by atoms with Crippen molar-refractivity contribution in [2.45, 2.75) is 19.5 Å². The maximum absolute atomic E-state index is 5.34. The summed E-state index contributed by atoms with van der Waals surface area (Å²) in [5.41, 5.74) is 5.25. The van der Waals surface area contributed by atoms with Crippen molar-refractivity contribution in [3.8, 4) is 0 Å². The summed E-state index contributed by atoms with van der Waals surface area (Å²) in [6, 6.07) is 0. The molecule has 0 bridgehead atoms. The highest BCUT2D eigenvalue weighted by atomic mass is 28.3. The van der Waals surface area contributed by atoms with Crippen LogP contribution in [0.5, 0.6) is 0 Å². The first-order valence-electron chi connectivity index (χ1n) is 3.09. The largest absolute Gasteiger partial charge is 0.421 e. The topological polar surface area (TPSA) is 35.2 Å². The Kier molecular flexibility index (Phi) is 5.37. The number of hydrogen-bond donors (Lipinski definition) is 1. The molecule has 3 heteroatoms. The first-order valence-corrected chi connectivity index (χ1v) is 5.87. The number of rotatable bonds is 4. The summed E-state index contributed by atoms with van der Waals surface area (Å²) >= 11 is 0. The van der Waals surface area contributed by atoms with E-state index in [1.165, 1.54) is 0 Å². The molecule has 0 aromatic heterocycles. The molecule has 2 N–H and O–H groups in total. The average Bonchev–Trinajstić information content (AvgIpc) is 1.66. The van der Waals surface area contributed by atoms with Crippen molar-refractivity contribution < 1.29 is 4.43 Å². The quantitative estimate of drug-likeness (QED) is 0.443. The Balaban J connectivity index is 2.72. The Morgan fingerprint density at radius 1 is 1.50 bits per heavy atom. The fraction of sp³-hybridized carbons (Fsp3) is 1.00. The third kappa shape index (κ3) is 6.14. The predicted octanol–water partition coefficient (Wildman–Crippen LogP) is 0.335. The molecule has 8 heavy (non-hydrogen) atoms. The Hall–Kier alpha value is 0.137. The molecule has 0 saturated carbocycles. The van der Waals surface area contributed by atoms with Crippen molar-refractivity contribution in [1.82, 2.24) is 0 Å². The Labute approximate surface area is 52.8 Å². The van der Waals surface area contributed by atoms with Crippen LogP contribution in [0.25, 0.3) is 0 Å². The molecule has 0 unspecified atom stereocenters. The molecular weight excluding hydrogens is 118 g/mol. The van der Waals surface area contributed by atoms with Gasteiger partial charge in [0.15, 0.2) is 9.04 Å². The van der Waals surface area contributed by atoms with Crippen LogP contribution in [-0.4, -0.2) is 22.2 Å².